The Kier molecular flexibility index (Phi) is 4.10. The summed E-state index contributed by atoms with van der Waals surface area (Å²) in [6.07, 6.45) is 12.8. The molecule has 1 N–H and O–H groups in total. The summed E-state index contributed by atoms with van der Waals surface area (Å²) in [5, 5.41) is 14.3. The van der Waals surface area contributed by atoms with E-state index in [2.05, 4.69) is 24.3 Å². The summed E-state index contributed by atoms with van der Waals surface area (Å²) in [5.41, 5.74) is 5.30. The number of aromatic nitrogens is 3. The predicted molar refractivity (Wildman–Crippen MR) is 107 cm³/mol. The van der Waals surface area contributed by atoms with Crippen molar-refractivity contribution >= 4 is 22.4 Å². The highest BCUT2D eigenvalue weighted by Crippen LogP contribution is 2.44. The summed E-state index contributed by atoms with van der Waals surface area (Å²) in [6.45, 7) is 5.03. The van der Waals surface area contributed by atoms with Crippen molar-refractivity contribution in [2.75, 3.05) is 5.32 Å². The summed E-state index contributed by atoms with van der Waals surface area (Å²) in [5.74, 6) is 0. The zero-order valence-electron chi connectivity index (χ0n) is 16.4. The number of hydrogen-bond donors (Lipinski definition) is 1. The topological polar surface area (TPSA) is 64.3 Å². The van der Waals surface area contributed by atoms with Crippen molar-refractivity contribution in [2.45, 2.75) is 89.8 Å². The lowest BCUT2D eigenvalue weighted by molar-refractivity contribution is -0.0755. The van der Waals surface area contributed by atoms with Crippen LogP contribution in [0.25, 0.3) is 11.0 Å². The number of aryl methyl sites for hydroxylation is 2. The molecule has 3 heterocycles. The number of hydrogen-bond acceptors (Lipinski definition) is 5. The average Bonchev–Trinajstić information content (AvgIpc) is 3.25. The molecule has 3 aliphatic rings. The van der Waals surface area contributed by atoms with Gasteiger partial charge in [-0.1, -0.05) is 24.4 Å². The van der Waals surface area contributed by atoms with Gasteiger partial charge in [0, 0.05) is 30.8 Å². The van der Waals surface area contributed by atoms with Gasteiger partial charge in [-0.3, -0.25) is 0 Å². The third kappa shape index (κ3) is 2.80. The third-order valence-electron chi connectivity index (χ3n) is 6.60. The van der Waals surface area contributed by atoms with Gasteiger partial charge in [-0.15, -0.1) is 0 Å². The summed E-state index contributed by atoms with van der Waals surface area (Å²) in [4.78, 5) is 10.7. The van der Waals surface area contributed by atoms with E-state index in [0.717, 1.165) is 53.8 Å². The number of oxime groups is 1. The molecular weight excluding hydrogens is 338 g/mol. The van der Waals surface area contributed by atoms with Crippen molar-refractivity contribution in [3.63, 3.8) is 0 Å². The number of fused-ring (bicyclic) bond motifs is 1. The molecule has 2 fully saturated rings. The molecule has 1 aliphatic heterocycles. The van der Waals surface area contributed by atoms with Gasteiger partial charge < -0.3 is 10.2 Å². The summed E-state index contributed by atoms with van der Waals surface area (Å²) < 4.78 is 2.00. The van der Waals surface area contributed by atoms with Crippen LogP contribution in [0.15, 0.2) is 11.4 Å². The molecule has 2 aliphatic carbocycles. The number of nitrogens with zero attached hydrogens (tertiary/aromatic N) is 4. The smallest absolute Gasteiger partial charge is 0.160 e. The van der Waals surface area contributed by atoms with E-state index in [1.54, 1.807) is 0 Å². The maximum absolute atomic E-state index is 5.87. The van der Waals surface area contributed by atoms with Crippen molar-refractivity contribution < 1.29 is 4.84 Å². The minimum atomic E-state index is -0.0327. The Bertz CT molecular complexity index is 890. The van der Waals surface area contributed by atoms with Crippen molar-refractivity contribution in [2.24, 2.45) is 5.16 Å². The monoisotopic (exact) mass is 367 g/mol. The van der Waals surface area contributed by atoms with Gasteiger partial charge in [0.15, 0.2) is 5.65 Å². The highest BCUT2D eigenvalue weighted by Gasteiger charge is 2.45. The second-order valence-corrected chi connectivity index (χ2v) is 8.47. The van der Waals surface area contributed by atoms with Gasteiger partial charge in [-0.2, -0.15) is 5.10 Å². The van der Waals surface area contributed by atoms with Crippen LogP contribution in [0, 0.1) is 6.92 Å². The van der Waals surface area contributed by atoms with E-state index >= 15 is 0 Å². The van der Waals surface area contributed by atoms with E-state index in [0.29, 0.717) is 6.04 Å². The predicted octanol–water partition coefficient (Wildman–Crippen LogP) is 4.55. The van der Waals surface area contributed by atoms with E-state index in [9.17, 15) is 0 Å². The third-order valence-corrected chi connectivity index (χ3v) is 6.60. The van der Waals surface area contributed by atoms with Crippen LogP contribution < -0.4 is 5.32 Å². The molecule has 144 valence electrons. The van der Waals surface area contributed by atoms with Crippen LogP contribution in [0.3, 0.4) is 0 Å². The molecule has 0 atom stereocenters. The molecule has 2 aromatic rings. The zero-order valence-corrected chi connectivity index (χ0v) is 16.4. The van der Waals surface area contributed by atoms with Gasteiger partial charge in [0.25, 0.3) is 0 Å². The van der Waals surface area contributed by atoms with E-state index in [1.807, 2.05) is 10.9 Å². The molecule has 6 heteroatoms. The largest absolute Gasteiger partial charge is 0.389 e. The van der Waals surface area contributed by atoms with Crippen LogP contribution in [-0.4, -0.2) is 32.1 Å². The molecule has 6 nitrogen and oxygen atoms in total. The fourth-order valence-electron chi connectivity index (χ4n) is 4.86. The van der Waals surface area contributed by atoms with E-state index in [1.165, 1.54) is 44.2 Å². The van der Waals surface area contributed by atoms with Crippen molar-refractivity contribution in [3.05, 3.63) is 17.5 Å². The van der Waals surface area contributed by atoms with Crippen LogP contribution in [-0.2, 0) is 11.4 Å². The Hall–Kier alpha value is -2.11. The van der Waals surface area contributed by atoms with Crippen molar-refractivity contribution in [1.82, 2.24) is 14.8 Å². The standard InChI is InChI=1S/C21H29N5O/c1-3-26-20-18(14(2)24-26)19(23-15-8-5-4-6-9-15)16(13-22-20)17-12-21(27-25-17)10-7-11-21/h13,15H,3-12H2,1-2H3,(H,22,23). The Morgan fingerprint density at radius 3 is 2.70 bits per heavy atom. The van der Waals surface area contributed by atoms with Crippen LogP contribution in [0.1, 0.15) is 76.0 Å². The molecule has 0 bridgehead atoms. The number of nitrogens with one attached hydrogen (secondary N) is 1. The fraction of sp³-hybridized carbons (Fsp3) is 0.667. The maximum atomic E-state index is 5.87. The van der Waals surface area contributed by atoms with Gasteiger partial charge in [0.05, 0.1) is 22.5 Å². The molecule has 2 saturated carbocycles. The second-order valence-electron chi connectivity index (χ2n) is 8.47. The quantitative estimate of drug-likeness (QED) is 0.861. The van der Waals surface area contributed by atoms with E-state index in [4.69, 9.17) is 14.9 Å². The first-order chi connectivity index (χ1) is 13.2. The molecule has 1 spiro atoms. The normalized spacial score (nSPS) is 21.9. The molecule has 0 saturated heterocycles. The lowest BCUT2D eigenvalue weighted by Crippen LogP contribution is -2.37. The Balaban J connectivity index is 1.59. The first kappa shape index (κ1) is 17.0. The molecule has 0 radical (unpaired) electrons. The number of pyridine rings is 1. The van der Waals surface area contributed by atoms with Crippen molar-refractivity contribution in [3.8, 4) is 0 Å². The van der Waals surface area contributed by atoms with E-state index in [-0.39, 0.29) is 5.60 Å². The lowest BCUT2D eigenvalue weighted by Gasteiger charge is -2.34. The Morgan fingerprint density at radius 2 is 2.04 bits per heavy atom. The lowest BCUT2D eigenvalue weighted by atomic mass is 9.76. The minimum absolute atomic E-state index is 0.0327. The first-order valence-corrected chi connectivity index (χ1v) is 10.6. The van der Waals surface area contributed by atoms with Gasteiger partial charge >= 0.3 is 0 Å². The average molecular weight is 367 g/mol. The van der Waals surface area contributed by atoms with Crippen LogP contribution in [0.5, 0.6) is 0 Å². The minimum Gasteiger partial charge on any atom is -0.389 e. The SMILES string of the molecule is CCn1nc(C)c2c(NC3CCCCC3)c(C3=NOC4(CCC4)C3)cnc21. The van der Waals surface area contributed by atoms with Crippen LogP contribution >= 0.6 is 0 Å². The maximum Gasteiger partial charge on any atom is 0.160 e. The molecule has 0 unspecified atom stereocenters. The highest BCUT2D eigenvalue weighted by atomic mass is 16.7. The Morgan fingerprint density at radius 1 is 1.22 bits per heavy atom. The molecule has 0 amide bonds. The van der Waals surface area contributed by atoms with Gasteiger partial charge in [-0.25, -0.2) is 9.67 Å². The second kappa shape index (κ2) is 6.50. The molecule has 27 heavy (non-hydrogen) atoms. The molecule has 2 aromatic heterocycles. The van der Waals surface area contributed by atoms with Crippen molar-refractivity contribution in [1.29, 1.82) is 0 Å². The summed E-state index contributed by atoms with van der Waals surface area (Å²) in [6, 6.07) is 0.521. The van der Waals surface area contributed by atoms with Crippen LogP contribution in [0.2, 0.25) is 0 Å². The molecule has 5 rings (SSSR count). The summed E-state index contributed by atoms with van der Waals surface area (Å²) >= 11 is 0. The summed E-state index contributed by atoms with van der Waals surface area (Å²) in [7, 11) is 0. The van der Waals surface area contributed by atoms with E-state index < -0.39 is 0 Å². The fourth-order valence-corrected chi connectivity index (χ4v) is 4.86. The van der Waals surface area contributed by atoms with Gasteiger partial charge in [-0.05, 0) is 46.0 Å². The van der Waals surface area contributed by atoms with Crippen LogP contribution in [0.4, 0.5) is 5.69 Å². The molecule has 0 aromatic carbocycles. The number of anilines is 1. The Labute approximate surface area is 160 Å². The highest BCUT2D eigenvalue weighted by molar-refractivity contribution is 6.11. The first-order valence-electron chi connectivity index (χ1n) is 10.6. The number of rotatable bonds is 4. The molecular formula is C21H29N5O. The zero-order chi connectivity index (χ0) is 18.4. The van der Waals surface area contributed by atoms with Gasteiger partial charge in [0.1, 0.15) is 5.60 Å². The van der Waals surface area contributed by atoms with Gasteiger partial charge in [0.2, 0.25) is 0 Å².